The Morgan fingerprint density at radius 2 is 1.94 bits per heavy atom. The zero-order chi connectivity index (χ0) is 22.9. The summed E-state index contributed by atoms with van der Waals surface area (Å²) in [7, 11) is 0. The van der Waals surface area contributed by atoms with E-state index in [9.17, 15) is 9.59 Å². The molecule has 0 spiro atoms. The summed E-state index contributed by atoms with van der Waals surface area (Å²) in [6, 6.07) is 10.1. The Kier molecular flexibility index (Phi) is 5.90. The monoisotopic (exact) mass is 462 g/mol. The van der Waals surface area contributed by atoms with Crippen LogP contribution in [0.4, 0.5) is 10.5 Å². The van der Waals surface area contributed by atoms with Gasteiger partial charge in [-0.25, -0.2) is 9.50 Å². The summed E-state index contributed by atoms with van der Waals surface area (Å²) in [5.74, 6) is -0.389. The molecule has 0 bridgehead atoms. The first-order valence-corrected chi connectivity index (χ1v) is 12.0. The molecule has 1 N–H and O–H groups in total. The summed E-state index contributed by atoms with van der Waals surface area (Å²) in [6.07, 6.45) is 4.64. The molecule has 9 heteroatoms. The number of imidazole rings is 1. The molecule has 2 aliphatic rings. The molecule has 2 fully saturated rings. The third-order valence-corrected chi connectivity index (χ3v) is 6.86. The SMILES string of the molecule is CCCN1CCN(c2ccc(-c3cnc4ccc(/C=C5\SC(=O)NC5=O)nn34)cc2C)CC1. The molecule has 2 amide bonds. The van der Waals surface area contributed by atoms with Crippen LogP contribution in [0.1, 0.15) is 24.6 Å². The van der Waals surface area contributed by atoms with Gasteiger partial charge in [0.1, 0.15) is 0 Å². The molecule has 2 saturated heterocycles. The third kappa shape index (κ3) is 4.38. The standard InChI is InChI=1S/C24H26N6O2S/c1-3-8-28-9-11-29(12-10-28)19-6-4-17(13-16(19)2)20-15-25-22-7-5-18(27-30(20)22)14-21-23(31)26-24(32)33-21/h4-7,13-15H,3,8-12H2,1-2H3,(H,26,31,32)/b21-14-. The number of aromatic nitrogens is 3. The fraction of sp³-hybridized carbons (Fsp3) is 0.333. The van der Waals surface area contributed by atoms with Crippen LogP contribution in [0, 0.1) is 6.92 Å². The summed E-state index contributed by atoms with van der Waals surface area (Å²) in [6.45, 7) is 9.85. The van der Waals surface area contributed by atoms with E-state index in [4.69, 9.17) is 0 Å². The molecule has 33 heavy (non-hydrogen) atoms. The normalized spacial score (nSPS) is 18.5. The largest absolute Gasteiger partial charge is 0.369 e. The number of rotatable bonds is 5. The molecule has 5 rings (SSSR count). The van der Waals surface area contributed by atoms with Gasteiger partial charge in [-0.2, -0.15) is 5.10 Å². The predicted octanol–water partition coefficient (Wildman–Crippen LogP) is 3.56. The highest BCUT2D eigenvalue weighted by Gasteiger charge is 2.25. The van der Waals surface area contributed by atoms with Crippen molar-refractivity contribution in [2.45, 2.75) is 20.3 Å². The van der Waals surface area contributed by atoms with E-state index in [1.54, 1.807) is 16.7 Å². The van der Waals surface area contributed by atoms with Crippen LogP contribution in [0.5, 0.6) is 0 Å². The second-order valence-electron chi connectivity index (χ2n) is 8.35. The topological polar surface area (TPSA) is 82.8 Å². The quantitative estimate of drug-likeness (QED) is 0.581. The Balaban J connectivity index is 1.41. The number of thioether (sulfide) groups is 1. The fourth-order valence-electron chi connectivity index (χ4n) is 4.41. The van der Waals surface area contributed by atoms with Crippen LogP contribution >= 0.6 is 11.8 Å². The van der Waals surface area contributed by atoms with Crippen LogP contribution in [0.2, 0.25) is 0 Å². The van der Waals surface area contributed by atoms with Gasteiger partial charge in [0, 0.05) is 37.4 Å². The number of fused-ring (bicyclic) bond motifs is 1. The highest BCUT2D eigenvalue weighted by Crippen LogP contribution is 2.29. The number of carbonyl (C=O) groups excluding carboxylic acids is 2. The van der Waals surface area contributed by atoms with Gasteiger partial charge in [-0.05, 0) is 67.6 Å². The number of benzene rings is 1. The summed E-state index contributed by atoms with van der Waals surface area (Å²) in [5, 5.41) is 6.56. The van der Waals surface area contributed by atoms with E-state index in [0.29, 0.717) is 10.6 Å². The molecule has 0 unspecified atom stereocenters. The van der Waals surface area contributed by atoms with E-state index in [-0.39, 0.29) is 11.1 Å². The first-order chi connectivity index (χ1) is 16.0. The Bertz CT molecular complexity index is 1260. The molecule has 1 aromatic carbocycles. The number of nitrogens with zero attached hydrogens (tertiary/aromatic N) is 5. The van der Waals surface area contributed by atoms with Gasteiger partial charge in [-0.1, -0.05) is 13.0 Å². The predicted molar refractivity (Wildman–Crippen MR) is 131 cm³/mol. The minimum absolute atomic E-state index is 0.341. The first-order valence-electron chi connectivity index (χ1n) is 11.2. The van der Waals surface area contributed by atoms with Crippen molar-refractivity contribution in [1.29, 1.82) is 0 Å². The Morgan fingerprint density at radius 1 is 1.12 bits per heavy atom. The molecular weight excluding hydrogens is 436 g/mol. The fourth-order valence-corrected chi connectivity index (χ4v) is 5.08. The molecule has 2 aliphatic heterocycles. The molecule has 0 saturated carbocycles. The van der Waals surface area contributed by atoms with Crippen LogP contribution < -0.4 is 10.2 Å². The lowest BCUT2D eigenvalue weighted by atomic mass is 10.1. The van der Waals surface area contributed by atoms with Crippen molar-refractivity contribution < 1.29 is 9.59 Å². The number of aryl methyl sites for hydroxylation is 1. The zero-order valence-corrected chi connectivity index (χ0v) is 19.6. The Morgan fingerprint density at radius 3 is 2.64 bits per heavy atom. The van der Waals surface area contributed by atoms with Crippen LogP contribution in [-0.2, 0) is 4.79 Å². The maximum Gasteiger partial charge on any atom is 0.290 e. The van der Waals surface area contributed by atoms with Crippen LogP contribution in [0.25, 0.3) is 23.0 Å². The minimum Gasteiger partial charge on any atom is -0.369 e. The second-order valence-corrected chi connectivity index (χ2v) is 9.37. The van der Waals surface area contributed by atoms with Crippen molar-refractivity contribution >= 4 is 40.3 Å². The van der Waals surface area contributed by atoms with E-state index in [2.05, 4.69) is 57.2 Å². The minimum atomic E-state index is -0.389. The zero-order valence-electron chi connectivity index (χ0n) is 18.7. The molecule has 0 radical (unpaired) electrons. The van der Waals surface area contributed by atoms with Crippen molar-refractivity contribution in [1.82, 2.24) is 24.8 Å². The number of nitrogens with one attached hydrogen (secondary N) is 1. The molecule has 0 aliphatic carbocycles. The summed E-state index contributed by atoms with van der Waals surface area (Å²) < 4.78 is 1.78. The van der Waals surface area contributed by atoms with Gasteiger partial charge in [0.05, 0.1) is 22.5 Å². The lowest BCUT2D eigenvalue weighted by molar-refractivity contribution is -0.115. The summed E-state index contributed by atoms with van der Waals surface area (Å²) in [4.78, 5) is 33.1. The molecule has 2 aromatic heterocycles. The first kappa shape index (κ1) is 21.7. The van der Waals surface area contributed by atoms with E-state index < -0.39 is 0 Å². The van der Waals surface area contributed by atoms with Gasteiger partial charge < -0.3 is 4.90 Å². The molecule has 8 nitrogen and oxygen atoms in total. The highest BCUT2D eigenvalue weighted by molar-refractivity contribution is 8.18. The number of carbonyl (C=O) groups is 2. The smallest absolute Gasteiger partial charge is 0.290 e. The average Bonchev–Trinajstić information content (AvgIpc) is 3.36. The second kappa shape index (κ2) is 8.99. The van der Waals surface area contributed by atoms with E-state index in [0.717, 1.165) is 54.8 Å². The van der Waals surface area contributed by atoms with Crippen molar-refractivity contribution in [2.24, 2.45) is 0 Å². The number of imide groups is 1. The lowest BCUT2D eigenvalue weighted by Gasteiger charge is -2.36. The van der Waals surface area contributed by atoms with Gasteiger partial charge in [0.15, 0.2) is 5.65 Å². The van der Waals surface area contributed by atoms with Crippen LogP contribution in [0.3, 0.4) is 0 Å². The number of hydrogen-bond donors (Lipinski definition) is 1. The molecule has 0 atom stereocenters. The molecular formula is C24H26N6O2S. The van der Waals surface area contributed by atoms with E-state index in [1.165, 1.54) is 24.2 Å². The maximum atomic E-state index is 11.9. The highest BCUT2D eigenvalue weighted by atomic mass is 32.2. The van der Waals surface area contributed by atoms with Gasteiger partial charge in [0.2, 0.25) is 0 Å². The third-order valence-electron chi connectivity index (χ3n) is 6.05. The van der Waals surface area contributed by atoms with Crippen LogP contribution in [0.15, 0.2) is 41.4 Å². The number of amides is 2. The number of hydrogen-bond acceptors (Lipinski definition) is 7. The van der Waals surface area contributed by atoms with Crippen molar-refractivity contribution in [3.8, 4) is 11.3 Å². The van der Waals surface area contributed by atoms with Crippen LogP contribution in [-0.4, -0.2) is 63.4 Å². The van der Waals surface area contributed by atoms with E-state index in [1.807, 2.05) is 12.3 Å². The molecule has 4 heterocycles. The number of piperazine rings is 1. The Hall–Kier alpha value is -3.17. The maximum absolute atomic E-state index is 11.9. The van der Waals surface area contributed by atoms with Crippen molar-refractivity contribution in [2.75, 3.05) is 37.6 Å². The average molecular weight is 463 g/mol. The number of anilines is 1. The van der Waals surface area contributed by atoms with Gasteiger partial charge in [-0.3, -0.25) is 19.8 Å². The molecule has 3 aromatic rings. The van der Waals surface area contributed by atoms with Gasteiger partial charge in [-0.15, -0.1) is 0 Å². The van der Waals surface area contributed by atoms with Crippen molar-refractivity contribution in [3.63, 3.8) is 0 Å². The Labute approximate surface area is 196 Å². The van der Waals surface area contributed by atoms with Gasteiger partial charge >= 0.3 is 0 Å². The van der Waals surface area contributed by atoms with E-state index >= 15 is 0 Å². The van der Waals surface area contributed by atoms with Crippen molar-refractivity contribution in [3.05, 3.63) is 52.7 Å². The lowest BCUT2D eigenvalue weighted by Crippen LogP contribution is -2.46. The summed E-state index contributed by atoms with van der Waals surface area (Å²) >= 11 is 0.885. The van der Waals surface area contributed by atoms with Gasteiger partial charge in [0.25, 0.3) is 11.1 Å². The molecule has 170 valence electrons. The summed E-state index contributed by atoms with van der Waals surface area (Å²) in [5.41, 5.74) is 5.73.